The van der Waals surface area contributed by atoms with E-state index in [1.54, 1.807) is 16.7 Å². The molecule has 2 heterocycles. The van der Waals surface area contributed by atoms with Crippen LogP contribution in [0.5, 0.6) is 0 Å². The Balaban J connectivity index is 1.99. The largest absolute Gasteiger partial charge is 0.480 e. The summed E-state index contributed by atoms with van der Waals surface area (Å²) in [7, 11) is 0. The molecule has 2 N–H and O–H groups in total. The van der Waals surface area contributed by atoms with Crippen molar-refractivity contribution in [2.24, 2.45) is 5.92 Å². The van der Waals surface area contributed by atoms with Crippen molar-refractivity contribution < 1.29 is 14.7 Å². The smallest absolute Gasteiger partial charge is 0.327 e. The molecule has 108 valence electrons. The van der Waals surface area contributed by atoms with Crippen molar-refractivity contribution in [3.05, 3.63) is 0 Å². The molecular formula is C13H22N2O3S. The van der Waals surface area contributed by atoms with Crippen LogP contribution in [-0.4, -0.2) is 52.1 Å². The monoisotopic (exact) mass is 286 g/mol. The molecule has 0 aromatic heterocycles. The Bertz CT molecular complexity index is 345. The van der Waals surface area contributed by atoms with E-state index in [0.29, 0.717) is 18.1 Å². The highest BCUT2D eigenvalue weighted by Crippen LogP contribution is 2.32. The Kier molecular flexibility index (Phi) is 5.10. The molecule has 0 spiro atoms. The molecule has 2 fully saturated rings. The number of nitrogens with one attached hydrogen (secondary N) is 1. The summed E-state index contributed by atoms with van der Waals surface area (Å²) < 4.78 is 0. The van der Waals surface area contributed by atoms with Gasteiger partial charge in [0.15, 0.2) is 0 Å². The molecule has 3 atom stereocenters. The molecular weight excluding hydrogens is 264 g/mol. The molecule has 2 saturated heterocycles. The van der Waals surface area contributed by atoms with Gasteiger partial charge < -0.3 is 15.3 Å². The number of carbonyl (C=O) groups is 2. The number of piperidine rings is 1. The Morgan fingerprint density at radius 1 is 1.47 bits per heavy atom. The molecule has 0 bridgehead atoms. The van der Waals surface area contributed by atoms with Crippen LogP contribution in [0.1, 0.15) is 32.6 Å². The van der Waals surface area contributed by atoms with Gasteiger partial charge in [-0.25, -0.2) is 4.79 Å². The second-order valence-electron chi connectivity index (χ2n) is 5.27. The summed E-state index contributed by atoms with van der Waals surface area (Å²) in [5.41, 5.74) is 0. The van der Waals surface area contributed by atoms with Crippen LogP contribution in [0.2, 0.25) is 0 Å². The third-order valence-electron chi connectivity index (χ3n) is 3.88. The minimum absolute atomic E-state index is 0.0120. The van der Waals surface area contributed by atoms with E-state index in [4.69, 9.17) is 0 Å². The fourth-order valence-electron chi connectivity index (χ4n) is 2.85. The van der Waals surface area contributed by atoms with Gasteiger partial charge in [-0.3, -0.25) is 4.79 Å². The lowest BCUT2D eigenvalue weighted by Gasteiger charge is -2.29. The van der Waals surface area contributed by atoms with E-state index in [1.165, 1.54) is 0 Å². The normalized spacial score (nSPS) is 31.4. The summed E-state index contributed by atoms with van der Waals surface area (Å²) in [4.78, 5) is 25.3. The van der Waals surface area contributed by atoms with Crippen molar-refractivity contribution >= 4 is 23.6 Å². The van der Waals surface area contributed by atoms with Crippen LogP contribution in [0.4, 0.5) is 0 Å². The summed E-state index contributed by atoms with van der Waals surface area (Å²) >= 11 is 1.59. The summed E-state index contributed by atoms with van der Waals surface area (Å²) in [5, 5.41) is 12.6. The van der Waals surface area contributed by atoms with Gasteiger partial charge in [-0.1, -0.05) is 6.92 Å². The quantitative estimate of drug-likeness (QED) is 0.811. The minimum Gasteiger partial charge on any atom is -0.480 e. The van der Waals surface area contributed by atoms with Gasteiger partial charge in [0.2, 0.25) is 5.91 Å². The molecule has 0 aromatic rings. The van der Waals surface area contributed by atoms with Gasteiger partial charge in [-0.15, -0.1) is 11.8 Å². The topological polar surface area (TPSA) is 69.6 Å². The minimum atomic E-state index is -0.876. The molecule has 2 rings (SSSR count). The lowest BCUT2D eigenvalue weighted by molar-refractivity contribution is -0.149. The third kappa shape index (κ3) is 3.42. The number of amides is 1. The predicted octanol–water partition coefficient (Wildman–Crippen LogP) is 1.14. The van der Waals surface area contributed by atoms with Gasteiger partial charge >= 0.3 is 5.97 Å². The number of carbonyl (C=O) groups excluding carboxylic acids is 1. The third-order valence-corrected chi connectivity index (χ3v) is 5.33. The number of thioether (sulfide) groups is 1. The highest BCUT2D eigenvalue weighted by atomic mass is 32.2. The van der Waals surface area contributed by atoms with Crippen LogP contribution in [-0.2, 0) is 9.59 Å². The van der Waals surface area contributed by atoms with E-state index < -0.39 is 12.0 Å². The summed E-state index contributed by atoms with van der Waals surface area (Å²) in [6.45, 7) is 3.91. The number of nitrogens with zero attached hydrogens (tertiary/aromatic N) is 1. The van der Waals surface area contributed by atoms with Crippen LogP contribution < -0.4 is 5.32 Å². The summed E-state index contributed by atoms with van der Waals surface area (Å²) in [5.74, 6) is 0.0120. The average Bonchev–Trinajstić information content (AvgIpc) is 2.83. The van der Waals surface area contributed by atoms with E-state index in [9.17, 15) is 14.7 Å². The lowest BCUT2D eigenvalue weighted by Crippen LogP contribution is -2.46. The van der Waals surface area contributed by atoms with E-state index >= 15 is 0 Å². The first kappa shape index (κ1) is 14.7. The van der Waals surface area contributed by atoms with E-state index in [1.807, 2.05) is 6.92 Å². The maximum atomic E-state index is 12.4. The number of carboxylic acid groups (broad SMARTS) is 1. The Morgan fingerprint density at radius 2 is 2.26 bits per heavy atom. The molecule has 3 unspecified atom stereocenters. The fraction of sp³-hybridized carbons (Fsp3) is 0.846. The summed E-state index contributed by atoms with van der Waals surface area (Å²) in [6.07, 6.45) is 3.46. The Hall–Kier alpha value is -0.750. The first-order valence-corrected chi connectivity index (χ1v) is 8.04. The molecule has 0 aliphatic carbocycles. The van der Waals surface area contributed by atoms with Crippen LogP contribution >= 0.6 is 11.8 Å². The maximum absolute atomic E-state index is 12.4. The zero-order valence-corrected chi connectivity index (χ0v) is 12.1. The van der Waals surface area contributed by atoms with Crippen molar-refractivity contribution in [2.45, 2.75) is 44.0 Å². The van der Waals surface area contributed by atoms with Crippen molar-refractivity contribution in [1.29, 1.82) is 0 Å². The molecule has 1 amide bonds. The van der Waals surface area contributed by atoms with Crippen LogP contribution in [0.25, 0.3) is 0 Å². The standard InChI is InChI=1S/C13H22N2O3S/c1-2-12-15(10(8-19-12)13(17)18)11(16)6-9-4-3-5-14-7-9/h9-10,12,14H,2-8H2,1H3,(H,17,18). The Labute approximate surface area is 118 Å². The van der Waals surface area contributed by atoms with Gasteiger partial charge in [0.1, 0.15) is 6.04 Å². The van der Waals surface area contributed by atoms with Gasteiger partial charge in [-0.2, -0.15) is 0 Å². The first-order chi connectivity index (χ1) is 9.13. The van der Waals surface area contributed by atoms with Crippen LogP contribution in [0, 0.1) is 5.92 Å². The van der Waals surface area contributed by atoms with Crippen LogP contribution in [0.3, 0.4) is 0 Å². The van der Waals surface area contributed by atoms with Crippen LogP contribution in [0.15, 0.2) is 0 Å². The summed E-state index contributed by atoms with van der Waals surface area (Å²) in [6, 6.07) is -0.640. The number of rotatable bonds is 4. The average molecular weight is 286 g/mol. The number of hydrogen-bond acceptors (Lipinski definition) is 4. The highest BCUT2D eigenvalue weighted by molar-refractivity contribution is 8.00. The van der Waals surface area contributed by atoms with Crippen molar-refractivity contribution in [3.8, 4) is 0 Å². The van der Waals surface area contributed by atoms with E-state index in [-0.39, 0.29) is 11.3 Å². The zero-order chi connectivity index (χ0) is 13.8. The van der Waals surface area contributed by atoms with E-state index in [2.05, 4.69) is 5.32 Å². The SMILES string of the molecule is CCC1SCC(C(=O)O)N1C(=O)CC1CCCNC1. The second kappa shape index (κ2) is 6.61. The lowest BCUT2D eigenvalue weighted by atomic mass is 9.95. The molecule has 0 radical (unpaired) electrons. The molecule has 0 saturated carbocycles. The number of hydrogen-bond donors (Lipinski definition) is 2. The van der Waals surface area contributed by atoms with E-state index in [0.717, 1.165) is 32.4 Å². The molecule has 19 heavy (non-hydrogen) atoms. The molecule has 0 aromatic carbocycles. The highest BCUT2D eigenvalue weighted by Gasteiger charge is 2.41. The molecule has 2 aliphatic rings. The van der Waals surface area contributed by atoms with Crippen molar-refractivity contribution in [3.63, 3.8) is 0 Å². The first-order valence-electron chi connectivity index (χ1n) is 6.99. The second-order valence-corrected chi connectivity index (χ2v) is 6.48. The van der Waals surface area contributed by atoms with Gasteiger partial charge in [-0.05, 0) is 38.3 Å². The molecule has 6 heteroatoms. The molecule has 2 aliphatic heterocycles. The van der Waals surface area contributed by atoms with Gasteiger partial charge in [0.05, 0.1) is 5.37 Å². The maximum Gasteiger partial charge on any atom is 0.327 e. The van der Waals surface area contributed by atoms with Gasteiger partial charge in [0, 0.05) is 12.2 Å². The van der Waals surface area contributed by atoms with Crippen molar-refractivity contribution in [1.82, 2.24) is 10.2 Å². The number of aliphatic carboxylic acids is 1. The zero-order valence-electron chi connectivity index (χ0n) is 11.3. The predicted molar refractivity (Wildman–Crippen MR) is 75.0 cm³/mol. The van der Waals surface area contributed by atoms with Crippen molar-refractivity contribution in [2.75, 3.05) is 18.8 Å². The fourth-order valence-corrected chi connectivity index (χ4v) is 4.22. The molecule has 5 nitrogen and oxygen atoms in total. The van der Waals surface area contributed by atoms with Gasteiger partial charge in [0.25, 0.3) is 0 Å². The Morgan fingerprint density at radius 3 is 2.84 bits per heavy atom. The number of carboxylic acids is 1.